The van der Waals surface area contributed by atoms with Gasteiger partial charge in [0.1, 0.15) is 6.61 Å². The molecular weight excluding hydrogens is 194 g/mol. The maximum Gasteiger partial charge on any atom is 0.332 e. The molecular formula is C11H21NO3. The van der Waals surface area contributed by atoms with Gasteiger partial charge >= 0.3 is 5.97 Å². The summed E-state index contributed by atoms with van der Waals surface area (Å²) >= 11 is 0. The number of nitrogens with one attached hydrogen (secondary N) is 1. The van der Waals surface area contributed by atoms with E-state index in [9.17, 15) is 4.79 Å². The Morgan fingerprint density at radius 3 is 2.67 bits per heavy atom. The molecule has 0 aliphatic carbocycles. The molecule has 1 aliphatic heterocycles. The van der Waals surface area contributed by atoms with Crippen LogP contribution in [0.5, 0.6) is 0 Å². The van der Waals surface area contributed by atoms with E-state index in [4.69, 9.17) is 9.47 Å². The Morgan fingerprint density at radius 2 is 2.20 bits per heavy atom. The number of hydrogen-bond donors (Lipinski definition) is 1. The molecule has 1 aliphatic rings. The van der Waals surface area contributed by atoms with Crippen molar-refractivity contribution < 1.29 is 14.3 Å². The Hall–Kier alpha value is -0.610. The molecule has 1 fully saturated rings. The van der Waals surface area contributed by atoms with Gasteiger partial charge in [-0.1, -0.05) is 13.3 Å². The van der Waals surface area contributed by atoms with Gasteiger partial charge < -0.3 is 14.8 Å². The lowest BCUT2D eigenvalue weighted by atomic mass is 10.0. The third-order valence-corrected chi connectivity index (χ3v) is 2.56. The summed E-state index contributed by atoms with van der Waals surface area (Å²) in [5.41, 5.74) is -0.174. The van der Waals surface area contributed by atoms with Crippen molar-refractivity contribution in [1.29, 1.82) is 0 Å². The van der Waals surface area contributed by atoms with Gasteiger partial charge in [-0.3, -0.25) is 0 Å². The van der Waals surface area contributed by atoms with Crippen LogP contribution >= 0.6 is 0 Å². The molecule has 1 saturated heterocycles. The van der Waals surface area contributed by atoms with Gasteiger partial charge in [0.2, 0.25) is 0 Å². The second kappa shape index (κ2) is 5.47. The lowest BCUT2D eigenvalue weighted by molar-refractivity contribution is -0.163. The van der Waals surface area contributed by atoms with E-state index in [-0.39, 0.29) is 24.3 Å². The zero-order valence-electron chi connectivity index (χ0n) is 9.84. The van der Waals surface area contributed by atoms with E-state index >= 15 is 0 Å². The normalized spacial score (nSPS) is 20.5. The summed E-state index contributed by atoms with van der Waals surface area (Å²) in [7, 11) is 0. The molecule has 1 unspecified atom stereocenters. The second-order valence-electron chi connectivity index (χ2n) is 4.43. The van der Waals surface area contributed by atoms with Gasteiger partial charge in [-0.2, -0.15) is 0 Å². The van der Waals surface area contributed by atoms with E-state index in [0.29, 0.717) is 0 Å². The quantitative estimate of drug-likeness (QED) is 0.674. The van der Waals surface area contributed by atoms with E-state index in [1.165, 1.54) is 0 Å². The van der Waals surface area contributed by atoms with Crippen LogP contribution in [-0.4, -0.2) is 37.4 Å². The molecule has 15 heavy (non-hydrogen) atoms. The molecule has 1 rings (SSSR count). The molecule has 1 atom stereocenters. The highest BCUT2D eigenvalue weighted by Gasteiger charge is 2.33. The first kappa shape index (κ1) is 12.5. The van der Waals surface area contributed by atoms with Crippen molar-refractivity contribution in [3.8, 4) is 0 Å². The summed E-state index contributed by atoms with van der Waals surface area (Å²) in [6.07, 6.45) is 1.93. The van der Waals surface area contributed by atoms with E-state index in [1.807, 2.05) is 13.8 Å². The summed E-state index contributed by atoms with van der Waals surface area (Å²) in [4.78, 5) is 11.3. The molecule has 4 nitrogen and oxygen atoms in total. The average molecular weight is 215 g/mol. The van der Waals surface area contributed by atoms with Crippen molar-refractivity contribution >= 4 is 5.97 Å². The molecule has 0 aromatic rings. The van der Waals surface area contributed by atoms with Gasteiger partial charge in [0.15, 0.2) is 0 Å². The van der Waals surface area contributed by atoms with Gasteiger partial charge in [-0.25, -0.2) is 4.79 Å². The highest BCUT2D eigenvalue weighted by atomic mass is 16.6. The van der Waals surface area contributed by atoms with Crippen LogP contribution in [0.4, 0.5) is 0 Å². The highest BCUT2D eigenvalue weighted by Crippen LogP contribution is 2.15. The summed E-state index contributed by atoms with van der Waals surface area (Å²) < 4.78 is 10.6. The monoisotopic (exact) mass is 215 g/mol. The van der Waals surface area contributed by atoms with Crippen molar-refractivity contribution in [2.75, 3.05) is 19.7 Å². The third-order valence-electron chi connectivity index (χ3n) is 2.56. The van der Waals surface area contributed by atoms with Crippen molar-refractivity contribution in [2.45, 2.75) is 45.3 Å². The van der Waals surface area contributed by atoms with Crippen molar-refractivity contribution in [2.24, 2.45) is 0 Å². The molecule has 0 aromatic carbocycles. The fourth-order valence-corrected chi connectivity index (χ4v) is 1.54. The zero-order chi connectivity index (χ0) is 11.3. The average Bonchev–Trinajstić information content (AvgIpc) is 2.12. The van der Waals surface area contributed by atoms with Crippen molar-refractivity contribution in [1.82, 2.24) is 5.32 Å². The Labute approximate surface area is 91.3 Å². The lowest BCUT2D eigenvalue weighted by Crippen LogP contribution is -2.59. The first-order chi connectivity index (χ1) is 7.06. The zero-order valence-corrected chi connectivity index (χ0v) is 9.84. The number of hydrogen-bond acceptors (Lipinski definition) is 4. The minimum Gasteiger partial charge on any atom is -0.461 e. The molecule has 0 bridgehead atoms. The third kappa shape index (κ3) is 4.18. The van der Waals surface area contributed by atoms with Crippen LogP contribution in [0.15, 0.2) is 0 Å². The van der Waals surface area contributed by atoms with Crippen LogP contribution in [0.3, 0.4) is 0 Å². The molecule has 0 radical (unpaired) electrons. The largest absolute Gasteiger partial charge is 0.461 e. The van der Waals surface area contributed by atoms with Crippen LogP contribution in [0, 0.1) is 0 Å². The minimum atomic E-state index is -0.260. The Bertz CT molecular complexity index is 214. The Balaban J connectivity index is 2.13. The number of ether oxygens (including phenoxy) is 2. The second-order valence-corrected chi connectivity index (χ2v) is 4.43. The Morgan fingerprint density at radius 1 is 1.53 bits per heavy atom. The van der Waals surface area contributed by atoms with Gasteiger partial charge in [-0.15, -0.1) is 0 Å². The number of carbonyl (C=O) groups excluding carboxylic acids is 1. The van der Waals surface area contributed by atoms with Crippen molar-refractivity contribution in [3.05, 3.63) is 0 Å². The molecule has 1 heterocycles. The summed E-state index contributed by atoms with van der Waals surface area (Å²) in [6, 6.07) is 0. The van der Waals surface area contributed by atoms with Crippen LogP contribution < -0.4 is 5.32 Å². The van der Waals surface area contributed by atoms with E-state index in [2.05, 4.69) is 12.2 Å². The molecule has 0 amide bonds. The van der Waals surface area contributed by atoms with Gasteiger partial charge in [0.05, 0.1) is 11.7 Å². The number of rotatable bonds is 6. The van der Waals surface area contributed by atoms with E-state index in [0.717, 1.165) is 25.9 Å². The summed E-state index contributed by atoms with van der Waals surface area (Å²) in [5.74, 6) is -0.260. The molecule has 1 N–H and O–H groups in total. The first-order valence-corrected chi connectivity index (χ1v) is 5.60. The number of esters is 1. The molecule has 0 aromatic heterocycles. The number of carbonyl (C=O) groups is 1. The predicted octanol–water partition coefficient (Wildman–Crippen LogP) is 1.10. The fourth-order valence-electron chi connectivity index (χ4n) is 1.54. The molecule has 4 heteroatoms. The lowest BCUT2D eigenvalue weighted by Gasteiger charge is -2.38. The standard InChI is InChI=1S/C11H21NO3/c1-4-5-9(2)15-10(13)6-14-11(3)7-12-8-11/h9,12H,4-8H2,1-3H3. The maximum absolute atomic E-state index is 11.3. The summed E-state index contributed by atoms with van der Waals surface area (Å²) in [5, 5.41) is 3.11. The smallest absolute Gasteiger partial charge is 0.332 e. The molecule has 0 saturated carbocycles. The summed E-state index contributed by atoms with van der Waals surface area (Å²) in [6.45, 7) is 7.66. The van der Waals surface area contributed by atoms with E-state index < -0.39 is 0 Å². The van der Waals surface area contributed by atoms with Crippen molar-refractivity contribution in [3.63, 3.8) is 0 Å². The molecule has 0 spiro atoms. The van der Waals surface area contributed by atoms with Crippen LogP contribution in [0.25, 0.3) is 0 Å². The van der Waals surface area contributed by atoms with Gasteiger partial charge in [-0.05, 0) is 20.3 Å². The van der Waals surface area contributed by atoms with E-state index in [1.54, 1.807) is 0 Å². The first-order valence-electron chi connectivity index (χ1n) is 5.60. The minimum absolute atomic E-state index is 0.00146. The Kier molecular flexibility index (Phi) is 4.54. The SMILES string of the molecule is CCCC(C)OC(=O)COC1(C)CNC1. The van der Waals surface area contributed by atoms with Crippen LogP contribution in [0.2, 0.25) is 0 Å². The topological polar surface area (TPSA) is 47.6 Å². The van der Waals surface area contributed by atoms with Crippen LogP contribution in [-0.2, 0) is 14.3 Å². The van der Waals surface area contributed by atoms with Crippen LogP contribution in [0.1, 0.15) is 33.6 Å². The maximum atomic E-state index is 11.3. The van der Waals surface area contributed by atoms with Gasteiger partial charge in [0.25, 0.3) is 0 Å². The predicted molar refractivity (Wildman–Crippen MR) is 57.7 cm³/mol. The van der Waals surface area contributed by atoms with Gasteiger partial charge in [0, 0.05) is 13.1 Å². The highest BCUT2D eigenvalue weighted by molar-refractivity contribution is 5.70. The molecule has 88 valence electrons. The fraction of sp³-hybridized carbons (Fsp3) is 0.909.